The highest BCUT2D eigenvalue weighted by Gasteiger charge is 2.17. The van der Waals surface area contributed by atoms with E-state index >= 15 is 0 Å². The first kappa shape index (κ1) is 17.4. The number of nitrogens with one attached hydrogen (secondary N) is 1. The molecule has 0 spiro atoms. The molecule has 0 atom stereocenters. The van der Waals surface area contributed by atoms with Crippen LogP contribution in [0, 0.1) is 12.8 Å². The largest absolute Gasteiger partial charge is 0.281 e. The number of aromatic nitrogens is 2. The van der Waals surface area contributed by atoms with Gasteiger partial charge in [0.05, 0.1) is 5.39 Å². The standard InChI is InChI=1S/C19H21N3O2S/c1-12(2)9-10-15(23)21-22-11-20-18-17(19(22)24)16(13(3)25-18)14-7-5-4-6-8-14/h4-8,11-12H,9-10H2,1-3H3,(H,21,23). The fourth-order valence-electron chi connectivity index (χ4n) is 2.74. The summed E-state index contributed by atoms with van der Waals surface area (Å²) in [5, 5.41) is 0.556. The Bertz CT molecular complexity index is 958. The van der Waals surface area contributed by atoms with Crippen molar-refractivity contribution in [2.75, 3.05) is 5.43 Å². The Morgan fingerprint density at radius 2 is 2.00 bits per heavy atom. The van der Waals surface area contributed by atoms with Crippen LogP contribution in [-0.4, -0.2) is 15.6 Å². The summed E-state index contributed by atoms with van der Waals surface area (Å²) in [6.07, 6.45) is 2.56. The number of benzene rings is 1. The van der Waals surface area contributed by atoms with E-state index in [1.165, 1.54) is 22.3 Å². The van der Waals surface area contributed by atoms with Crippen molar-refractivity contribution in [1.29, 1.82) is 0 Å². The second kappa shape index (κ2) is 7.19. The van der Waals surface area contributed by atoms with Crippen molar-refractivity contribution >= 4 is 27.5 Å². The van der Waals surface area contributed by atoms with Gasteiger partial charge in [0.25, 0.3) is 5.56 Å². The van der Waals surface area contributed by atoms with E-state index in [1.807, 2.05) is 37.3 Å². The molecule has 2 heterocycles. The number of hydrogen-bond donors (Lipinski definition) is 1. The molecule has 0 unspecified atom stereocenters. The monoisotopic (exact) mass is 355 g/mol. The first-order chi connectivity index (χ1) is 12.0. The molecule has 6 heteroatoms. The zero-order chi connectivity index (χ0) is 18.0. The molecule has 2 aromatic heterocycles. The molecule has 1 aromatic carbocycles. The van der Waals surface area contributed by atoms with E-state index in [4.69, 9.17) is 0 Å². The van der Waals surface area contributed by atoms with Crippen LogP contribution >= 0.6 is 11.3 Å². The van der Waals surface area contributed by atoms with Gasteiger partial charge in [-0.25, -0.2) is 9.66 Å². The van der Waals surface area contributed by atoms with Gasteiger partial charge in [-0.1, -0.05) is 44.2 Å². The summed E-state index contributed by atoms with van der Waals surface area (Å²) in [6.45, 7) is 6.11. The molecule has 0 bridgehead atoms. The SMILES string of the molecule is Cc1sc2ncn(NC(=O)CCC(C)C)c(=O)c2c1-c1ccccc1. The van der Waals surface area contributed by atoms with Crippen molar-refractivity contribution in [3.05, 3.63) is 51.9 Å². The number of rotatable bonds is 5. The summed E-state index contributed by atoms with van der Waals surface area (Å²) in [4.78, 5) is 31.1. The molecule has 0 aliphatic heterocycles. The molecule has 130 valence electrons. The van der Waals surface area contributed by atoms with Gasteiger partial charge in [0.2, 0.25) is 5.91 Å². The van der Waals surface area contributed by atoms with Crippen LogP contribution in [0.15, 0.2) is 41.5 Å². The van der Waals surface area contributed by atoms with Gasteiger partial charge in [0, 0.05) is 16.9 Å². The van der Waals surface area contributed by atoms with E-state index in [9.17, 15) is 9.59 Å². The van der Waals surface area contributed by atoms with Gasteiger partial charge < -0.3 is 0 Å². The Kier molecular flexibility index (Phi) is 4.99. The minimum atomic E-state index is -0.244. The molecule has 3 rings (SSSR count). The van der Waals surface area contributed by atoms with Gasteiger partial charge >= 0.3 is 0 Å². The fraction of sp³-hybridized carbons (Fsp3) is 0.316. The molecule has 3 aromatic rings. The molecule has 5 nitrogen and oxygen atoms in total. The smallest absolute Gasteiger partial charge is 0.273 e. The third kappa shape index (κ3) is 3.64. The van der Waals surface area contributed by atoms with Crippen molar-refractivity contribution in [2.45, 2.75) is 33.6 Å². The van der Waals surface area contributed by atoms with Crippen LogP contribution in [0.2, 0.25) is 0 Å². The minimum absolute atomic E-state index is 0.176. The fourth-order valence-corrected chi connectivity index (χ4v) is 3.75. The molecule has 0 radical (unpaired) electrons. The minimum Gasteiger partial charge on any atom is -0.273 e. The lowest BCUT2D eigenvalue weighted by molar-refractivity contribution is -0.117. The second-order valence-electron chi connectivity index (χ2n) is 6.47. The van der Waals surface area contributed by atoms with Gasteiger partial charge in [0.15, 0.2) is 0 Å². The quantitative estimate of drug-likeness (QED) is 0.754. The van der Waals surface area contributed by atoms with E-state index < -0.39 is 0 Å². The summed E-state index contributed by atoms with van der Waals surface area (Å²) >= 11 is 1.49. The highest BCUT2D eigenvalue weighted by atomic mass is 32.1. The maximum absolute atomic E-state index is 12.9. The number of aryl methyl sites for hydroxylation is 1. The van der Waals surface area contributed by atoms with Crippen LogP contribution in [-0.2, 0) is 4.79 Å². The van der Waals surface area contributed by atoms with Gasteiger partial charge in [-0.05, 0) is 24.8 Å². The molecular formula is C19H21N3O2S. The molecule has 0 aliphatic rings. The zero-order valence-electron chi connectivity index (χ0n) is 14.6. The van der Waals surface area contributed by atoms with E-state index in [2.05, 4.69) is 24.3 Å². The third-order valence-electron chi connectivity index (χ3n) is 4.05. The molecule has 0 aliphatic carbocycles. The zero-order valence-corrected chi connectivity index (χ0v) is 15.4. The Balaban J connectivity index is 2.02. The molecule has 1 N–H and O–H groups in total. The highest BCUT2D eigenvalue weighted by Crippen LogP contribution is 2.35. The van der Waals surface area contributed by atoms with E-state index in [0.29, 0.717) is 22.6 Å². The van der Waals surface area contributed by atoms with Crippen molar-refractivity contribution in [1.82, 2.24) is 9.66 Å². The Morgan fingerprint density at radius 1 is 1.28 bits per heavy atom. The van der Waals surface area contributed by atoms with Crippen molar-refractivity contribution in [3.8, 4) is 11.1 Å². The first-order valence-electron chi connectivity index (χ1n) is 8.33. The van der Waals surface area contributed by atoms with Crippen LogP contribution in [0.5, 0.6) is 0 Å². The predicted molar refractivity (Wildman–Crippen MR) is 102 cm³/mol. The number of carbonyl (C=O) groups excluding carboxylic acids is 1. The Labute approximate surface area is 150 Å². The lowest BCUT2D eigenvalue weighted by Gasteiger charge is -2.09. The topological polar surface area (TPSA) is 64.0 Å². The first-order valence-corrected chi connectivity index (χ1v) is 9.15. The van der Waals surface area contributed by atoms with Crippen molar-refractivity contribution in [2.24, 2.45) is 5.92 Å². The summed E-state index contributed by atoms with van der Waals surface area (Å²) in [6, 6.07) is 9.79. The summed E-state index contributed by atoms with van der Waals surface area (Å²) in [5.41, 5.74) is 4.28. The maximum atomic E-state index is 12.9. The summed E-state index contributed by atoms with van der Waals surface area (Å²) in [5.74, 6) is 0.262. The number of fused-ring (bicyclic) bond motifs is 1. The highest BCUT2D eigenvalue weighted by molar-refractivity contribution is 7.19. The van der Waals surface area contributed by atoms with Crippen LogP contribution in [0.1, 0.15) is 31.6 Å². The van der Waals surface area contributed by atoms with Crippen LogP contribution in [0.3, 0.4) is 0 Å². The van der Waals surface area contributed by atoms with Crippen molar-refractivity contribution in [3.63, 3.8) is 0 Å². The molecule has 0 saturated carbocycles. The van der Waals surface area contributed by atoms with E-state index in [-0.39, 0.29) is 11.5 Å². The molecule has 1 amide bonds. The van der Waals surface area contributed by atoms with E-state index in [1.54, 1.807) is 0 Å². The van der Waals surface area contributed by atoms with Gasteiger partial charge in [-0.3, -0.25) is 15.0 Å². The predicted octanol–water partition coefficient (Wildman–Crippen LogP) is 3.94. The summed E-state index contributed by atoms with van der Waals surface area (Å²) in [7, 11) is 0. The van der Waals surface area contributed by atoms with Crippen molar-refractivity contribution < 1.29 is 4.79 Å². The number of nitrogens with zero attached hydrogens (tertiary/aromatic N) is 2. The van der Waals surface area contributed by atoms with Gasteiger partial charge in [0.1, 0.15) is 11.2 Å². The lowest BCUT2D eigenvalue weighted by atomic mass is 10.0. The number of amides is 1. The number of thiophene rings is 1. The number of carbonyl (C=O) groups is 1. The Hall–Kier alpha value is -2.47. The lowest BCUT2D eigenvalue weighted by Crippen LogP contribution is -2.33. The Morgan fingerprint density at radius 3 is 2.68 bits per heavy atom. The molecule has 0 fully saturated rings. The third-order valence-corrected chi connectivity index (χ3v) is 5.06. The average Bonchev–Trinajstić information content (AvgIpc) is 2.93. The van der Waals surface area contributed by atoms with Gasteiger partial charge in [-0.15, -0.1) is 11.3 Å². The maximum Gasteiger partial charge on any atom is 0.281 e. The molecule has 25 heavy (non-hydrogen) atoms. The second-order valence-corrected chi connectivity index (χ2v) is 7.67. The van der Waals surface area contributed by atoms with Gasteiger partial charge in [-0.2, -0.15) is 0 Å². The molecular weight excluding hydrogens is 334 g/mol. The number of hydrogen-bond acceptors (Lipinski definition) is 4. The molecule has 0 saturated heterocycles. The average molecular weight is 355 g/mol. The van der Waals surface area contributed by atoms with Crippen LogP contribution in [0.4, 0.5) is 0 Å². The van der Waals surface area contributed by atoms with E-state index in [0.717, 1.165) is 22.4 Å². The van der Waals surface area contributed by atoms with Crippen LogP contribution in [0.25, 0.3) is 21.3 Å². The normalized spacial score (nSPS) is 11.2. The van der Waals surface area contributed by atoms with Crippen LogP contribution < -0.4 is 11.0 Å². The summed E-state index contributed by atoms with van der Waals surface area (Å²) < 4.78 is 1.20.